The Labute approximate surface area is 187 Å². The van der Waals surface area contributed by atoms with E-state index in [0.29, 0.717) is 23.8 Å². The number of carbonyl (C=O) groups excluding carboxylic acids is 1. The van der Waals surface area contributed by atoms with Crippen LogP contribution >= 0.6 is 0 Å². The van der Waals surface area contributed by atoms with Crippen molar-refractivity contribution in [2.24, 2.45) is 11.3 Å². The first-order valence-electron chi connectivity index (χ1n) is 11.9. The lowest BCUT2D eigenvalue weighted by Crippen LogP contribution is -2.59. The molecule has 0 unspecified atom stereocenters. The molecule has 3 aliphatic rings. The van der Waals surface area contributed by atoms with Crippen molar-refractivity contribution >= 4 is 11.6 Å². The lowest BCUT2D eigenvalue weighted by molar-refractivity contribution is -0.165. The van der Waals surface area contributed by atoms with Crippen LogP contribution in [-0.4, -0.2) is 40.5 Å². The number of halogens is 2. The third-order valence-electron chi connectivity index (χ3n) is 7.67. The van der Waals surface area contributed by atoms with E-state index in [4.69, 9.17) is 9.72 Å². The highest BCUT2D eigenvalue weighted by atomic mass is 19.3. The van der Waals surface area contributed by atoms with Gasteiger partial charge in [-0.3, -0.25) is 4.79 Å². The first-order valence-corrected chi connectivity index (χ1v) is 11.9. The summed E-state index contributed by atoms with van der Waals surface area (Å²) in [5.41, 5.74) is 4.79. The second-order valence-corrected chi connectivity index (χ2v) is 10.8. The van der Waals surface area contributed by atoms with Crippen molar-refractivity contribution in [2.75, 3.05) is 13.2 Å². The Bertz CT molecular complexity index is 1020. The number of aryl methyl sites for hydroxylation is 1. The minimum atomic E-state index is -2.51. The summed E-state index contributed by atoms with van der Waals surface area (Å²) in [6.45, 7) is 7.85. The Kier molecular flexibility index (Phi) is 5.31. The predicted octanol–water partition coefficient (Wildman–Crippen LogP) is 5.04. The first kappa shape index (κ1) is 21.8. The molecule has 1 amide bonds. The first-order chi connectivity index (χ1) is 15.1. The molecule has 2 aliphatic carbocycles. The van der Waals surface area contributed by atoms with Gasteiger partial charge in [-0.2, -0.15) is 0 Å². The molecule has 0 atom stereocenters. The molecule has 174 valence electrons. The van der Waals surface area contributed by atoms with E-state index in [1.165, 1.54) is 0 Å². The topological polar surface area (TPSA) is 55.6 Å². The highest BCUT2D eigenvalue weighted by Crippen LogP contribution is 2.47. The number of fused-ring (bicyclic) bond motifs is 1. The Morgan fingerprint density at radius 1 is 1.25 bits per heavy atom. The summed E-state index contributed by atoms with van der Waals surface area (Å²) in [5.74, 6) is -2.10. The molecule has 0 bridgehead atoms. The smallest absolute Gasteiger partial charge is 0.251 e. The zero-order valence-corrected chi connectivity index (χ0v) is 19.2. The molecule has 3 heterocycles. The number of imidazole rings is 1. The maximum Gasteiger partial charge on any atom is 0.251 e. The minimum Gasteiger partial charge on any atom is -0.380 e. The number of alkyl halides is 2. The molecule has 7 heteroatoms. The van der Waals surface area contributed by atoms with Crippen LogP contribution in [0.4, 0.5) is 8.78 Å². The van der Waals surface area contributed by atoms with Crippen molar-refractivity contribution in [2.45, 2.75) is 83.6 Å². The molecule has 3 fully saturated rings. The standard InChI is InChI=1S/C25H33F2N3O2/c1-15(2)22-20(9-17-4-6-25(26,27)7-5-17)30-16(3)8-18(10-21(30)29-22)23(31)28-19-11-24(12-19)13-32-14-24/h8,10,15,17,19H,4-7,9,11-14H2,1-3H3,(H,28,31). The van der Waals surface area contributed by atoms with E-state index in [-0.39, 0.29) is 36.6 Å². The monoisotopic (exact) mass is 445 g/mol. The Morgan fingerprint density at radius 3 is 2.53 bits per heavy atom. The SMILES string of the molecule is Cc1cc(C(=O)NC2CC3(COC3)C2)cc2nc(C(C)C)c(CC3CCC(F)(F)CC3)n12. The van der Waals surface area contributed by atoms with Gasteiger partial charge in [-0.05, 0) is 63.0 Å². The number of nitrogens with one attached hydrogen (secondary N) is 1. The van der Waals surface area contributed by atoms with Gasteiger partial charge in [-0.1, -0.05) is 13.8 Å². The van der Waals surface area contributed by atoms with Crippen LogP contribution in [0.25, 0.3) is 5.65 Å². The highest BCUT2D eigenvalue weighted by molar-refractivity contribution is 5.95. The molecule has 1 spiro atoms. The molecular formula is C25H33F2N3O2. The summed E-state index contributed by atoms with van der Waals surface area (Å²) in [7, 11) is 0. The van der Waals surface area contributed by atoms with Crippen LogP contribution in [0.5, 0.6) is 0 Å². The number of nitrogens with zero attached hydrogens (tertiary/aromatic N) is 2. The second kappa shape index (κ2) is 7.79. The Hall–Kier alpha value is -2.02. The van der Waals surface area contributed by atoms with Crippen LogP contribution in [-0.2, 0) is 11.2 Å². The number of amides is 1. The summed E-state index contributed by atoms with van der Waals surface area (Å²) in [6, 6.07) is 4.01. The maximum atomic E-state index is 13.6. The van der Waals surface area contributed by atoms with E-state index < -0.39 is 5.92 Å². The largest absolute Gasteiger partial charge is 0.380 e. The van der Waals surface area contributed by atoms with Crippen LogP contribution in [0.1, 0.15) is 85.7 Å². The lowest BCUT2D eigenvalue weighted by Gasteiger charge is -2.53. The lowest BCUT2D eigenvalue weighted by atomic mass is 9.64. The molecular weight excluding hydrogens is 412 g/mol. The molecule has 2 aromatic rings. The number of rotatable bonds is 5. The number of pyridine rings is 1. The summed E-state index contributed by atoms with van der Waals surface area (Å²) >= 11 is 0. The van der Waals surface area contributed by atoms with Crippen LogP contribution < -0.4 is 5.32 Å². The molecule has 2 saturated carbocycles. The van der Waals surface area contributed by atoms with Crippen molar-refractivity contribution in [3.63, 3.8) is 0 Å². The van der Waals surface area contributed by atoms with Gasteiger partial charge in [0.2, 0.25) is 5.92 Å². The van der Waals surface area contributed by atoms with Gasteiger partial charge in [0.15, 0.2) is 0 Å². The molecule has 1 aliphatic heterocycles. The van der Waals surface area contributed by atoms with Gasteiger partial charge in [0.05, 0.1) is 18.9 Å². The average Bonchev–Trinajstić information content (AvgIpc) is 3.03. The van der Waals surface area contributed by atoms with Gasteiger partial charge in [-0.25, -0.2) is 13.8 Å². The minimum absolute atomic E-state index is 0.0245. The predicted molar refractivity (Wildman–Crippen MR) is 118 cm³/mol. The fourth-order valence-electron chi connectivity index (χ4n) is 5.80. The van der Waals surface area contributed by atoms with E-state index >= 15 is 0 Å². The fourth-order valence-corrected chi connectivity index (χ4v) is 5.80. The highest BCUT2D eigenvalue weighted by Gasteiger charge is 2.50. The summed E-state index contributed by atoms with van der Waals surface area (Å²) in [5, 5.41) is 3.16. The Morgan fingerprint density at radius 2 is 1.94 bits per heavy atom. The van der Waals surface area contributed by atoms with Crippen LogP contribution in [0, 0.1) is 18.3 Å². The number of ether oxygens (including phenoxy) is 1. The average molecular weight is 446 g/mol. The summed E-state index contributed by atoms with van der Waals surface area (Å²) < 4.78 is 34.7. The van der Waals surface area contributed by atoms with E-state index in [0.717, 1.165) is 55.2 Å². The molecule has 32 heavy (non-hydrogen) atoms. The van der Waals surface area contributed by atoms with Gasteiger partial charge in [0.1, 0.15) is 5.65 Å². The molecule has 0 radical (unpaired) electrons. The van der Waals surface area contributed by atoms with Crippen molar-refractivity contribution in [1.29, 1.82) is 0 Å². The van der Waals surface area contributed by atoms with Crippen LogP contribution in [0.15, 0.2) is 12.1 Å². The van der Waals surface area contributed by atoms with Crippen molar-refractivity contribution in [3.8, 4) is 0 Å². The third kappa shape index (κ3) is 3.93. The number of hydrogen-bond acceptors (Lipinski definition) is 3. The van der Waals surface area contributed by atoms with E-state index in [9.17, 15) is 13.6 Å². The van der Waals surface area contributed by atoms with Crippen molar-refractivity contribution < 1.29 is 18.3 Å². The molecule has 2 aromatic heterocycles. The number of carbonyl (C=O) groups is 1. The molecule has 5 nitrogen and oxygen atoms in total. The van der Waals surface area contributed by atoms with Gasteiger partial charge >= 0.3 is 0 Å². The zero-order chi connectivity index (χ0) is 22.7. The van der Waals surface area contributed by atoms with E-state index in [1.54, 1.807) is 0 Å². The number of aromatic nitrogens is 2. The second-order valence-electron chi connectivity index (χ2n) is 10.8. The normalized spacial score (nSPS) is 22.8. The summed E-state index contributed by atoms with van der Waals surface area (Å²) in [4.78, 5) is 17.8. The Balaban J connectivity index is 1.37. The van der Waals surface area contributed by atoms with Crippen molar-refractivity contribution in [3.05, 3.63) is 34.8 Å². The van der Waals surface area contributed by atoms with Crippen LogP contribution in [0.2, 0.25) is 0 Å². The summed E-state index contributed by atoms with van der Waals surface area (Å²) in [6.07, 6.45) is 3.78. The third-order valence-corrected chi connectivity index (χ3v) is 7.67. The zero-order valence-electron chi connectivity index (χ0n) is 19.2. The van der Waals surface area contributed by atoms with Gasteiger partial charge in [-0.15, -0.1) is 0 Å². The van der Waals surface area contributed by atoms with Gasteiger partial charge < -0.3 is 14.5 Å². The van der Waals surface area contributed by atoms with Gasteiger partial charge in [0.25, 0.3) is 5.91 Å². The molecule has 0 aromatic carbocycles. The number of hydrogen-bond donors (Lipinski definition) is 1. The molecule has 5 rings (SSSR count). The van der Waals surface area contributed by atoms with Crippen molar-refractivity contribution in [1.82, 2.24) is 14.7 Å². The van der Waals surface area contributed by atoms with E-state index in [2.05, 4.69) is 23.6 Å². The maximum absolute atomic E-state index is 13.6. The molecule has 1 saturated heterocycles. The van der Waals surface area contributed by atoms with Crippen LogP contribution in [0.3, 0.4) is 0 Å². The van der Waals surface area contributed by atoms with E-state index in [1.807, 2.05) is 19.1 Å². The van der Waals surface area contributed by atoms with Gasteiger partial charge in [0, 0.05) is 41.2 Å². The molecule has 1 N–H and O–H groups in total. The quantitative estimate of drug-likeness (QED) is 0.701. The fraction of sp³-hybridized carbons (Fsp3) is 0.680.